The van der Waals surface area contributed by atoms with Crippen molar-refractivity contribution in [1.29, 1.82) is 0 Å². The van der Waals surface area contributed by atoms with Crippen LogP contribution in [0.15, 0.2) is 24.3 Å². The Balaban J connectivity index is 2.36. The van der Waals surface area contributed by atoms with Gasteiger partial charge in [0, 0.05) is 13.5 Å². The van der Waals surface area contributed by atoms with E-state index in [0.29, 0.717) is 19.4 Å². The van der Waals surface area contributed by atoms with Crippen LogP contribution in [0.1, 0.15) is 31.4 Å². The zero-order valence-corrected chi connectivity index (χ0v) is 10.3. The van der Waals surface area contributed by atoms with Gasteiger partial charge in [-0.3, -0.25) is 4.79 Å². The van der Waals surface area contributed by atoms with Crippen LogP contribution in [0.4, 0.5) is 0 Å². The molecule has 0 spiro atoms. The van der Waals surface area contributed by atoms with E-state index in [2.05, 4.69) is 5.32 Å². The molecule has 0 saturated heterocycles. The smallest absolute Gasteiger partial charge is 0.219 e. The average Bonchev–Trinajstić information content (AvgIpc) is 2.34. The minimum absolute atomic E-state index is 0.0198. The molecule has 1 amide bonds. The molecule has 2 N–H and O–H groups in total. The highest BCUT2D eigenvalue weighted by Crippen LogP contribution is 2.18. The highest BCUT2D eigenvalue weighted by molar-refractivity contribution is 5.75. The first kappa shape index (κ1) is 13.5. The number of aliphatic hydroxyl groups excluding tert-OH is 1. The van der Waals surface area contributed by atoms with E-state index in [0.717, 1.165) is 11.3 Å². The van der Waals surface area contributed by atoms with E-state index in [1.165, 1.54) is 0 Å². The van der Waals surface area contributed by atoms with Crippen LogP contribution < -0.4 is 10.1 Å². The van der Waals surface area contributed by atoms with Gasteiger partial charge in [-0.05, 0) is 31.0 Å². The van der Waals surface area contributed by atoms with Gasteiger partial charge in [-0.2, -0.15) is 0 Å². The molecule has 4 nitrogen and oxygen atoms in total. The number of hydrogen-bond acceptors (Lipinski definition) is 3. The first-order chi connectivity index (χ1) is 8.13. The predicted octanol–water partition coefficient (Wildman–Crippen LogP) is 1.64. The van der Waals surface area contributed by atoms with Crippen molar-refractivity contribution >= 4 is 5.91 Å². The number of nitrogens with one attached hydrogen (secondary N) is 1. The third-order valence-corrected chi connectivity index (χ3v) is 2.44. The van der Waals surface area contributed by atoms with Crippen molar-refractivity contribution in [3.8, 4) is 5.75 Å². The summed E-state index contributed by atoms with van der Waals surface area (Å²) < 4.78 is 5.50. The monoisotopic (exact) mass is 237 g/mol. The summed E-state index contributed by atoms with van der Waals surface area (Å²) in [7, 11) is 1.62. The van der Waals surface area contributed by atoms with Crippen LogP contribution >= 0.6 is 0 Å². The number of carbonyl (C=O) groups excluding carboxylic acids is 1. The lowest BCUT2D eigenvalue weighted by molar-refractivity contribution is -0.120. The molecule has 0 radical (unpaired) electrons. The zero-order chi connectivity index (χ0) is 12.7. The molecule has 0 heterocycles. The number of ether oxygens (including phenoxy) is 1. The molecule has 17 heavy (non-hydrogen) atoms. The summed E-state index contributed by atoms with van der Waals surface area (Å²) in [5.74, 6) is 0.742. The number of aliphatic hydroxyl groups is 1. The van der Waals surface area contributed by atoms with Crippen molar-refractivity contribution in [2.45, 2.75) is 25.9 Å². The van der Waals surface area contributed by atoms with E-state index in [4.69, 9.17) is 4.74 Å². The van der Waals surface area contributed by atoms with Crippen LogP contribution in [-0.2, 0) is 4.79 Å². The molecule has 0 aliphatic carbocycles. The second-order valence-corrected chi connectivity index (χ2v) is 3.87. The maximum absolute atomic E-state index is 11.0. The fourth-order valence-corrected chi connectivity index (χ4v) is 1.41. The maximum Gasteiger partial charge on any atom is 0.219 e. The lowest BCUT2D eigenvalue weighted by Gasteiger charge is -2.09. The number of amides is 1. The van der Waals surface area contributed by atoms with Gasteiger partial charge < -0.3 is 15.2 Å². The fraction of sp³-hybridized carbons (Fsp3) is 0.462. The Bertz CT molecular complexity index is 363. The maximum atomic E-state index is 11.0. The van der Waals surface area contributed by atoms with Crippen LogP contribution in [-0.4, -0.2) is 24.7 Å². The van der Waals surface area contributed by atoms with Gasteiger partial charge in [0.15, 0.2) is 0 Å². The zero-order valence-electron chi connectivity index (χ0n) is 10.3. The van der Waals surface area contributed by atoms with Crippen LogP contribution in [0, 0.1) is 0 Å². The van der Waals surface area contributed by atoms with Gasteiger partial charge in [-0.25, -0.2) is 0 Å². The normalized spacial score (nSPS) is 11.9. The molecule has 0 aliphatic rings. The van der Waals surface area contributed by atoms with Gasteiger partial charge in [0.05, 0.1) is 12.7 Å². The molecular formula is C13H19NO3. The van der Waals surface area contributed by atoms with E-state index >= 15 is 0 Å². The summed E-state index contributed by atoms with van der Waals surface area (Å²) in [4.78, 5) is 11.0. The van der Waals surface area contributed by atoms with Gasteiger partial charge in [0.1, 0.15) is 5.75 Å². The number of benzene rings is 1. The summed E-state index contributed by atoms with van der Waals surface area (Å²) >= 11 is 0. The summed E-state index contributed by atoms with van der Waals surface area (Å²) in [6.07, 6.45) is 0.648. The molecule has 0 bridgehead atoms. The summed E-state index contributed by atoms with van der Waals surface area (Å²) in [5.41, 5.74) is 0.828. The molecule has 4 heteroatoms. The molecular weight excluding hydrogens is 218 g/mol. The van der Waals surface area contributed by atoms with E-state index in [1.807, 2.05) is 24.3 Å². The van der Waals surface area contributed by atoms with Gasteiger partial charge in [0.25, 0.3) is 0 Å². The number of rotatable bonds is 6. The quantitative estimate of drug-likeness (QED) is 0.739. The molecule has 0 aromatic heterocycles. The third kappa shape index (κ3) is 4.87. The van der Waals surface area contributed by atoms with Crippen LogP contribution in [0.25, 0.3) is 0 Å². The Morgan fingerprint density at radius 3 is 2.94 bits per heavy atom. The summed E-state index contributed by atoms with van der Waals surface area (Å²) in [6, 6.07) is 7.34. The molecule has 1 atom stereocenters. The van der Waals surface area contributed by atoms with Gasteiger partial charge in [0.2, 0.25) is 5.91 Å². The van der Waals surface area contributed by atoms with Crippen molar-refractivity contribution in [3.63, 3.8) is 0 Å². The summed E-state index contributed by atoms with van der Waals surface area (Å²) in [6.45, 7) is 2.21. The number of carbonyl (C=O) groups is 1. The topological polar surface area (TPSA) is 58.6 Å². The van der Waals surface area contributed by atoms with Crippen LogP contribution in [0.3, 0.4) is 0 Å². The van der Waals surface area contributed by atoms with Crippen molar-refractivity contribution < 1.29 is 14.6 Å². The first-order valence-electron chi connectivity index (χ1n) is 5.75. The molecule has 1 aromatic rings. The largest absolute Gasteiger partial charge is 0.494 e. The molecule has 94 valence electrons. The first-order valence-corrected chi connectivity index (χ1v) is 5.75. The van der Waals surface area contributed by atoms with Crippen molar-refractivity contribution in [2.24, 2.45) is 0 Å². The van der Waals surface area contributed by atoms with E-state index in [9.17, 15) is 9.90 Å². The van der Waals surface area contributed by atoms with E-state index in [1.54, 1.807) is 14.0 Å². The SMILES string of the molecule is CNC(=O)CCCOc1cccc([C@@H](C)O)c1. The third-order valence-electron chi connectivity index (χ3n) is 2.44. The van der Waals surface area contributed by atoms with Crippen LogP contribution in [0.5, 0.6) is 5.75 Å². The van der Waals surface area contributed by atoms with Gasteiger partial charge >= 0.3 is 0 Å². The second-order valence-electron chi connectivity index (χ2n) is 3.87. The Labute approximate surface area is 102 Å². The Hall–Kier alpha value is -1.55. The van der Waals surface area contributed by atoms with Crippen molar-refractivity contribution in [3.05, 3.63) is 29.8 Å². The van der Waals surface area contributed by atoms with Gasteiger partial charge in [-0.15, -0.1) is 0 Å². The van der Waals surface area contributed by atoms with E-state index in [-0.39, 0.29) is 5.91 Å². The Morgan fingerprint density at radius 1 is 1.53 bits per heavy atom. The highest BCUT2D eigenvalue weighted by atomic mass is 16.5. The molecule has 0 saturated carbocycles. The molecule has 1 rings (SSSR count). The molecule has 0 unspecified atom stereocenters. The minimum atomic E-state index is -0.496. The fourth-order valence-electron chi connectivity index (χ4n) is 1.41. The molecule has 0 fully saturated rings. The second kappa shape index (κ2) is 6.91. The average molecular weight is 237 g/mol. The molecule has 0 aliphatic heterocycles. The predicted molar refractivity (Wildman–Crippen MR) is 65.9 cm³/mol. The standard InChI is InChI=1S/C13H19NO3/c1-10(15)11-5-3-6-12(9-11)17-8-4-7-13(16)14-2/h3,5-6,9-10,15H,4,7-8H2,1-2H3,(H,14,16)/t10-/m1/s1. The van der Waals surface area contributed by atoms with E-state index < -0.39 is 6.10 Å². The summed E-state index contributed by atoms with van der Waals surface area (Å²) in [5, 5.41) is 12.0. The minimum Gasteiger partial charge on any atom is -0.494 e. The highest BCUT2D eigenvalue weighted by Gasteiger charge is 2.02. The van der Waals surface area contributed by atoms with Gasteiger partial charge in [-0.1, -0.05) is 12.1 Å². The lowest BCUT2D eigenvalue weighted by atomic mass is 10.1. The number of hydrogen-bond donors (Lipinski definition) is 2. The van der Waals surface area contributed by atoms with Crippen LogP contribution in [0.2, 0.25) is 0 Å². The molecule has 1 aromatic carbocycles. The lowest BCUT2D eigenvalue weighted by Crippen LogP contribution is -2.18. The van der Waals surface area contributed by atoms with Crippen molar-refractivity contribution in [1.82, 2.24) is 5.32 Å². The Kier molecular flexibility index (Phi) is 5.49. The van der Waals surface area contributed by atoms with Crippen molar-refractivity contribution in [2.75, 3.05) is 13.7 Å². The Morgan fingerprint density at radius 2 is 2.29 bits per heavy atom.